The predicted octanol–water partition coefficient (Wildman–Crippen LogP) is -1.32. The molecule has 0 unspecified atom stereocenters. The van der Waals surface area contributed by atoms with Gasteiger partial charge in [0, 0.05) is 74.2 Å². The minimum Gasteiger partial charge on any atom is -2.00 e. The third-order valence-corrected chi connectivity index (χ3v) is 0. The van der Waals surface area contributed by atoms with Crippen molar-refractivity contribution in [2.75, 3.05) is 0 Å². The van der Waals surface area contributed by atoms with Crippen LogP contribution in [0.25, 0.3) is 0 Å². The van der Waals surface area contributed by atoms with Gasteiger partial charge in [0.15, 0.2) is 0 Å². The van der Waals surface area contributed by atoms with Gasteiger partial charge in [-0.1, -0.05) is 0 Å². The molecule has 0 rings (SSSR count). The summed E-state index contributed by atoms with van der Waals surface area (Å²) in [6.07, 6.45) is 0. The summed E-state index contributed by atoms with van der Waals surface area (Å²) < 4.78 is 0. The standard InChI is InChI=1S/Cu.11O.4V/q+2;11*-2;;;;. The first-order chi connectivity index (χ1) is 0. The molecule has 0 amide bonds. The fraction of sp³-hybridized carbons (Fsp3) is 0. The molecule has 0 aromatic heterocycles. The van der Waals surface area contributed by atoms with Gasteiger partial charge in [-0.05, 0) is 0 Å². The molecule has 16 heavy (non-hydrogen) atoms. The van der Waals surface area contributed by atoms with Gasteiger partial charge in [-0.3, -0.25) is 0 Å². The largest absolute Gasteiger partial charge is 2.00 e. The van der Waals surface area contributed by atoms with Crippen molar-refractivity contribution in [2.45, 2.75) is 0 Å². The van der Waals surface area contributed by atoms with E-state index in [9.17, 15) is 0 Å². The molecule has 5 radical (unpaired) electrons. The molecule has 0 saturated carbocycles. The Morgan fingerprint density at radius 1 is 0.188 bits per heavy atom. The summed E-state index contributed by atoms with van der Waals surface area (Å²) in [5.74, 6) is 0. The van der Waals surface area contributed by atoms with Gasteiger partial charge in [0.25, 0.3) is 0 Å². The van der Waals surface area contributed by atoms with Crippen LogP contribution in [0, 0.1) is 0 Å². The zero-order valence-corrected chi connectivity index (χ0v) is 13.1. The summed E-state index contributed by atoms with van der Waals surface area (Å²) in [6, 6.07) is 0. The molecule has 0 spiro atoms. The average Bonchev–Trinajstić information content (AvgIpc) is 0. The molecular formula is CuO11V4-20. The summed E-state index contributed by atoms with van der Waals surface area (Å²) in [6.45, 7) is 0. The molecule has 0 aliphatic heterocycles. The van der Waals surface area contributed by atoms with Gasteiger partial charge in [0.2, 0.25) is 0 Å². The quantitative estimate of drug-likeness (QED) is 0.393. The van der Waals surface area contributed by atoms with Crippen molar-refractivity contribution in [3.8, 4) is 0 Å². The van der Waals surface area contributed by atoms with E-state index < -0.39 is 0 Å². The van der Waals surface area contributed by atoms with Crippen LogP contribution in [0.15, 0.2) is 0 Å². The second kappa shape index (κ2) is 803. The zero-order chi connectivity index (χ0) is 0. The number of hydrogen-bond acceptors (Lipinski definition) is 0. The minimum absolute atomic E-state index is 0. The van der Waals surface area contributed by atoms with E-state index in [1.54, 1.807) is 0 Å². The molecule has 0 heterocycles. The summed E-state index contributed by atoms with van der Waals surface area (Å²) in [7, 11) is 0. The smallest absolute Gasteiger partial charge is 2.00 e. The molecule has 0 bridgehead atoms. The molecule has 16 heteroatoms. The third-order valence-electron chi connectivity index (χ3n) is 0. The van der Waals surface area contributed by atoms with Gasteiger partial charge in [-0.15, -0.1) is 0 Å². The minimum atomic E-state index is 0. The maximum atomic E-state index is 0. The van der Waals surface area contributed by atoms with Crippen molar-refractivity contribution < 1.29 is 152 Å². The number of hydrogen-bond donors (Lipinski definition) is 0. The molecular weight excluding hydrogens is 443 g/mol. The second-order valence-corrected chi connectivity index (χ2v) is 0. The SMILES string of the molecule is [Cu+2].[O-2].[O-2].[O-2].[O-2].[O-2].[O-2].[O-2].[O-2].[O-2].[O-2].[O-2].[V].[V].[V].[V]. The fourth-order valence-electron chi connectivity index (χ4n) is 0. The van der Waals surface area contributed by atoms with Gasteiger partial charge in [-0.2, -0.15) is 0 Å². The molecule has 0 N–H and O–H groups in total. The predicted molar refractivity (Wildman–Crippen MR) is 7.55 cm³/mol. The van der Waals surface area contributed by atoms with Crippen LogP contribution in [0.1, 0.15) is 0 Å². The Labute approximate surface area is 150 Å². The average molecular weight is 443 g/mol. The molecule has 0 fully saturated rings. The Balaban J connectivity index is 0. The Hall–Kier alpha value is 2.42. The maximum Gasteiger partial charge on any atom is 2.00 e. The molecule has 0 saturated heterocycles. The van der Waals surface area contributed by atoms with Crippen molar-refractivity contribution in [3.63, 3.8) is 0 Å². The molecule has 0 aliphatic rings. The Morgan fingerprint density at radius 2 is 0.188 bits per heavy atom. The zero-order valence-electron chi connectivity index (χ0n) is 6.58. The first-order valence-electron chi connectivity index (χ1n) is 0. The fourth-order valence-corrected chi connectivity index (χ4v) is 0. The normalized spacial score (nSPS) is 0. The van der Waals surface area contributed by atoms with Crippen molar-refractivity contribution in [1.82, 2.24) is 0 Å². The molecule has 0 aromatic rings. The topological polar surface area (TPSA) is 314 Å². The van der Waals surface area contributed by atoms with Crippen molar-refractivity contribution in [3.05, 3.63) is 0 Å². The van der Waals surface area contributed by atoms with Crippen LogP contribution in [-0.2, 0) is 152 Å². The van der Waals surface area contributed by atoms with Crippen molar-refractivity contribution >= 4 is 0 Å². The van der Waals surface area contributed by atoms with Crippen LogP contribution in [-0.4, -0.2) is 0 Å². The van der Waals surface area contributed by atoms with Crippen LogP contribution in [0.4, 0.5) is 0 Å². The third kappa shape index (κ3) is 668. The van der Waals surface area contributed by atoms with Crippen LogP contribution < -0.4 is 0 Å². The Bertz CT molecular complexity index is 17.9. The summed E-state index contributed by atoms with van der Waals surface area (Å²) in [5, 5.41) is 0. The molecule has 0 aliphatic carbocycles. The van der Waals surface area contributed by atoms with Gasteiger partial charge in [0.1, 0.15) is 0 Å². The van der Waals surface area contributed by atoms with E-state index in [1.165, 1.54) is 0 Å². The summed E-state index contributed by atoms with van der Waals surface area (Å²) in [5.41, 5.74) is 0. The van der Waals surface area contributed by atoms with Crippen molar-refractivity contribution in [2.24, 2.45) is 0 Å². The summed E-state index contributed by atoms with van der Waals surface area (Å²) in [4.78, 5) is 0. The molecule has 117 valence electrons. The van der Waals surface area contributed by atoms with Gasteiger partial charge >= 0.3 is 17.1 Å². The van der Waals surface area contributed by atoms with E-state index in [0.717, 1.165) is 0 Å². The van der Waals surface area contributed by atoms with Crippen LogP contribution >= 0.6 is 0 Å². The van der Waals surface area contributed by atoms with E-state index in [-0.39, 0.29) is 152 Å². The van der Waals surface area contributed by atoms with Gasteiger partial charge in [0.05, 0.1) is 0 Å². The monoisotopic (exact) mass is 443 g/mol. The van der Waals surface area contributed by atoms with Gasteiger partial charge < -0.3 is 60.2 Å². The Kier molecular flexibility index (Phi) is 48000. The second-order valence-electron chi connectivity index (χ2n) is 0. The van der Waals surface area contributed by atoms with E-state index >= 15 is 0 Å². The van der Waals surface area contributed by atoms with E-state index in [1.807, 2.05) is 0 Å². The van der Waals surface area contributed by atoms with Crippen LogP contribution in [0.2, 0.25) is 0 Å². The van der Waals surface area contributed by atoms with Crippen LogP contribution in [0.5, 0.6) is 0 Å². The molecule has 0 atom stereocenters. The molecule has 0 aromatic carbocycles. The van der Waals surface area contributed by atoms with E-state index in [0.29, 0.717) is 0 Å². The first-order valence-corrected chi connectivity index (χ1v) is 0. The number of rotatable bonds is 0. The molecule has 11 nitrogen and oxygen atoms in total. The van der Waals surface area contributed by atoms with E-state index in [4.69, 9.17) is 0 Å². The Morgan fingerprint density at radius 3 is 0.188 bits per heavy atom. The first kappa shape index (κ1) is 956. The summed E-state index contributed by atoms with van der Waals surface area (Å²) >= 11 is 0. The van der Waals surface area contributed by atoms with Gasteiger partial charge in [-0.25, -0.2) is 0 Å². The maximum absolute atomic E-state index is 0. The van der Waals surface area contributed by atoms with Crippen molar-refractivity contribution in [1.29, 1.82) is 0 Å². The van der Waals surface area contributed by atoms with Crippen LogP contribution in [0.3, 0.4) is 0 Å². The van der Waals surface area contributed by atoms with E-state index in [2.05, 4.69) is 0 Å².